The van der Waals surface area contributed by atoms with Crippen LogP contribution < -0.4 is 19.7 Å². The van der Waals surface area contributed by atoms with E-state index in [-0.39, 0.29) is 12.2 Å². The van der Waals surface area contributed by atoms with Gasteiger partial charge in [0, 0.05) is 10.6 Å². The Hall–Kier alpha value is -4.10. The third-order valence-corrected chi connectivity index (χ3v) is 5.69. The lowest BCUT2D eigenvalue weighted by atomic mass is 10.1. The van der Waals surface area contributed by atoms with E-state index >= 15 is 0 Å². The molecule has 184 valence electrons. The van der Waals surface area contributed by atoms with Crippen LogP contribution in [0.1, 0.15) is 29.2 Å². The van der Waals surface area contributed by atoms with E-state index in [2.05, 4.69) is 11.4 Å². The van der Waals surface area contributed by atoms with E-state index in [0.717, 1.165) is 21.6 Å². The average molecular weight is 505 g/mol. The highest BCUT2D eigenvalue weighted by Gasteiger charge is 2.37. The number of imide groups is 2. The lowest BCUT2D eigenvalue weighted by Crippen LogP contribution is -2.54. The molecule has 4 amide bonds. The summed E-state index contributed by atoms with van der Waals surface area (Å²) in [6, 6.07) is 16.7. The molecule has 1 aliphatic heterocycles. The summed E-state index contributed by atoms with van der Waals surface area (Å²) in [7, 11) is 0. The quantitative estimate of drug-likeness (QED) is 0.334. The van der Waals surface area contributed by atoms with Gasteiger partial charge in [0.15, 0.2) is 0 Å². The molecule has 1 heterocycles. The molecule has 0 atom stereocenters. The minimum absolute atomic E-state index is 0.220. The fourth-order valence-corrected chi connectivity index (χ4v) is 4.16. The Bertz CT molecular complexity index is 1340. The number of nitrogens with zero attached hydrogens (tertiary/aromatic N) is 1. The molecule has 0 unspecified atom stereocenters. The Morgan fingerprint density at radius 3 is 2.28 bits per heavy atom. The summed E-state index contributed by atoms with van der Waals surface area (Å²) in [5, 5.41) is 2.63. The van der Waals surface area contributed by atoms with Gasteiger partial charge in [-0.15, -0.1) is 0 Å². The second kappa shape index (κ2) is 10.7. The first kappa shape index (κ1) is 25.0. The molecule has 1 fully saturated rings. The molecule has 0 saturated carbocycles. The maximum Gasteiger partial charge on any atom is 0.335 e. The highest BCUT2D eigenvalue weighted by atomic mass is 35.5. The molecular formula is C28H25ClN2O5. The second-order valence-corrected chi connectivity index (χ2v) is 8.79. The van der Waals surface area contributed by atoms with Gasteiger partial charge in [0.05, 0.1) is 12.3 Å². The van der Waals surface area contributed by atoms with Crippen LogP contribution in [0.4, 0.5) is 10.5 Å². The van der Waals surface area contributed by atoms with Gasteiger partial charge >= 0.3 is 6.03 Å². The average Bonchev–Trinajstić information content (AvgIpc) is 2.82. The Labute approximate surface area is 214 Å². The number of urea groups is 1. The molecule has 0 bridgehead atoms. The summed E-state index contributed by atoms with van der Waals surface area (Å²) in [6.45, 7) is 6.65. The Balaban J connectivity index is 1.64. The zero-order valence-corrected chi connectivity index (χ0v) is 20.9. The van der Waals surface area contributed by atoms with Crippen molar-refractivity contribution >= 4 is 41.2 Å². The number of rotatable bonds is 7. The normalized spacial score (nSPS) is 14.7. The Kier molecular flexibility index (Phi) is 7.41. The second-order valence-electron chi connectivity index (χ2n) is 8.35. The van der Waals surface area contributed by atoms with Crippen LogP contribution in [0.2, 0.25) is 5.02 Å². The van der Waals surface area contributed by atoms with Gasteiger partial charge in [-0.2, -0.15) is 0 Å². The Morgan fingerprint density at radius 1 is 0.917 bits per heavy atom. The largest absolute Gasteiger partial charge is 0.494 e. The van der Waals surface area contributed by atoms with Crippen LogP contribution in [-0.4, -0.2) is 24.5 Å². The predicted octanol–water partition coefficient (Wildman–Crippen LogP) is 5.60. The van der Waals surface area contributed by atoms with Crippen LogP contribution in [0.5, 0.6) is 11.5 Å². The zero-order valence-electron chi connectivity index (χ0n) is 20.1. The summed E-state index contributed by atoms with van der Waals surface area (Å²) < 4.78 is 11.4. The monoisotopic (exact) mass is 504 g/mol. The van der Waals surface area contributed by atoms with Gasteiger partial charge in [-0.3, -0.25) is 14.9 Å². The number of barbiturate groups is 1. The minimum Gasteiger partial charge on any atom is -0.494 e. The molecular weight excluding hydrogens is 480 g/mol. The number of benzene rings is 3. The number of amides is 4. The van der Waals surface area contributed by atoms with Crippen molar-refractivity contribution in [2.24, 2.45) is 0 Å². The van der Waals surface area contributed by atoms with Crippen LogP contribution >= 0.6 is 11.6 Å². The number of nitrogens with one attached hydrogen (secondary N) is 1. The molecule has 0 radical (unpaired) electrons. The molecule has 4 rings (SSSR count). The first-order valence-electron chi connectivity index (χ1n) is 11.4. The first-order valence-corrected chi connectivity index (χ1v) is 11.8. The molecule has 3 aromatic carbocycles. The van der Waals surface area contributed by atoms with E-state index in [0.29, 0.717) is 34.4 Å². The van der Waals surface area contributed by atoms with Crippen LogP contribution in [0, 0.1) is 13.8 Å². The van der Waals surface area contributed by atoms with Gasteiger partial charge in [0.25, 0.3) is 11.8 Å². The molecule has 3 aromatic rings. The van der Waals surface area contributed by atoms with E-state index in [4.69, 9.17) is 21.1 Å². The fraction of sp³-hybridized carbons (Fsp3) is 0.179. The molecule has 36 heavy (non-hydrogen) atoms. The first-order chi connectivity index (χ1) is 17.2. The molecule has 1 N–H and O–H groups in total. The van der Waals surface area contributed by atoms with Crippen LogP contribution in [0.15, 0.2) is 66.2 Å². The summed E-state index contributed by atoms with van der Waals surface area (Å²) in [5.74, 6) is -0.515. The van der Waals surface area contributed by atoms with E-state index < -0.39 is 17.8 Å². The number of anilines is 1. The lowest BCUT2D eigenvalue weighted by Gasteiger charge is -2.26. The van der Waals surface area contributed by atoms with Crippen molar-refractivity contribution < 1.29 is 23.9 Å². The molecule has 8 heteroatoms. The number of hydrogen-bond acceptors (Lipinski definition) is 5. The van der Waals surface area contributed by atoms with E-state index in [1.165, 1.54) is 6.08 Å². The number of carbonyl (C=O) groups is 3. The molecule has 1 saturated heterocycles. The summed E-state index contributed by atoms with van der Waals surface area (Å²) in [5.41, 5.74) is 3.75. The summed E-state index contributed by atoms with van der Waals surface area (Å²) in [4.78, 5) is 39.4. The maximum atomic E-state index is 13.3. The van der Waals surface area contributed by atoms with Gasteiger partial charge in [0.1, 0.15) is 23.7 Å². The number of aryl methyl sites for hydroxylation is 2. The van der Waals surface area contributed by atoms with Crippen LogP contribution in [-0.2, 0) is 16.2 Å². The SMILES string of the molecule is CCOc1ccc(N2C(=O)NC(=O)/C(=C\c3cc(Cl)ccc3OCc3cc(C)cc(C)c3)C2=O)cc1. The Morgan fingerprint density at radius 2 is 1.61 bits per heavy atom. The zero-order chi connectivity index (χ0) is 25.8. The minimum atomic E-state index is -0.830. The van der Waals surface area contributed by atoms with Gasteiger partial charge in [-0.1, -0.05) is 40.9 Å². The van der Waals surface area contributed by atoms with Gasteiger partial charge < -0.3 is 9.47 Å². The smallest absolute Gasteiger partial charge is 0.335 e. The van der Waals surface area contributed by atoms with E-state index in [9.17, 15) is 14.4 Å². The molecule has 0 aliphatic carbocycles. The number of hydrogen-bond donors (Lipinski definition) is 1. The topological polar surface area (TPSA) is 84.9 Å². The standard InChI is InChI=1S/C28H25ClN2O5/c1-4-35-23-8-6-22(7-9-23)31-27(33)24(26(32)30-28(31)34)15-20-14-21(29)5-10-25(20)36-16-19-12-17(2)11-18(3)13-19/h5-15H,4,16H2,1-3H3,(H,30,32,34)/b24-15+. The van der Waals surface area contributed by atoms with Gasteiger partial charge in [-0.05, 0) is 74.9 Å². The van der Waals surface area contributed by atoms with Crippen molar-refractivity contribution in [2.45, 2.75) is 27.4 Å². The third kappa shape index (κ3) is 5.58. The fourth-order valence-electron chi connectivity index (χ4n) is 3.98. The highest BCUT2D eigenvalue weighted by Crippen LogP contribution is 2.29. The van der Waals surface area contributed by atoms with Crippen molar-refractivity contribution in [2.75, 3.05) is 11.5 Å². The van der Waals surface area contributed by atoms with Gasteiger partial charge in [-0.25, -0.2) is 9.69 Å². The molecule has 0 aromatic heterocycles. The van der Waals surface area contributed by atoms with Crippen LogP contribution in [0.25, 0.3) is 6.08 Å². The van der Waals surface area contributed by atoms with Crippen molar-refractivity contribution in [3.63, 3.8) is 0 Å². The van der Waals surface area contributed by atoms with Crippen molar-refractivity contribution in [1.29, 1.82) is 0 Å². The number of carbonyl (C=O) groups excluding carboxylic acids is 3. The van der Waals surface area contributed by atoms with Gasteiger partial charge in [0.2, 0.25) is 0 Å². The highest BCUT2D eigenvalue weighted by molar-refractivity contribution is 6.39. The van der Waals surface area contributed by atoms with Crippen molar-refractivity contribution in [1.82, 2.24) is 5.32 Å². The predicted molar refractivity (Wildman–Crippen MR) is 138 cm³/mol. The number of ether oxygens (including phenoxy) is 2. The maximum absolute atomic E-state index is 13.3. The summed E-state index contributed by atoms with van der Waals surface area (Å²) >= 11 is 6.21. The van der Waals surface area contributed by atoms with Crippen LogP contribution in [0.3, 0.4) is 0 Å². The molecule has 1 aliphatic rings. The summed E-state index contributed by atoms with van der Waals surface area (Å²) in [6.07, 6.45) is 1.38. The van der Waals surface area contributed by atoms with Crippen molar-refractivity contribution in [3.05, 3.63) is 93.5 Å². The van der Waals surface area contributed by atoms with E-state index in [1.807, 2.05) is 32.9 Å². The molecule has 0 spiro atoms. The molecule has 7 nitrogen and oxygen atoms in total. The lowest BCUT2D eigenvalue weighted by molar-refractivity contribution is -0.122. The third-order valence-electron chi connectivity index (χ3n) is 5.46. The van der Waals surface area contributed by atoms with Crippen molar-refractivity contribution in [3.8, 4) is 11.5 Å². The van der Waals surface area contributed by atoms with E-state index in [1.54, 1.807) is 42.5 Å². The number of halogens is 1.